The summed E-state index contributed by atoms with van der Waals surface area (Å²) in [5.74, 6) is -1.22. The fourth-order valence-electron chi connectivity index (χ4n) is 2.31. The lowest BCUT2D eigenvalue weighted by Gasteiger charge is -2.14. The van der Waals surface area contributed by atoms with Crippen molar-refractivity contribution in [2.75, 3.05) is 11.1 Å². The summed E-state index contributed by atoms with van der Waals surface area (Å²) in [4.78, 5) is 12.1. The number of amides is 1. The van der Waals surface area contributed by atoms with E-state index < -0.39 is 40.8 Å². The second-order valence-electron chi connectivity index (χ2n) is 5.65. The predicted octanol–water partition coefficient (Wildman–Crippen LogP) is 5.15. The molecule has 2 heterocycles. The number of pyridine rings is 1. The largest absolute Gasteiger partial charge is 0.418 e. The third-order valence-electron chi connectivity index (χ3n) is 3.59. The van der Waals surface area contributed by atoms with E-state index in [4.69, 9.17) is 11.6 Å². The van der Waals surface area contributed by atoms with Crippen LogP contribution in [0.5, 0.6) is 0 Å². The number of halogens is 7. The summed E-state index contributed by atoms with van der Waals surface area (Å²) in [6.07, 6.45) is -8.55. The first-order valence-corrected chi connectivity index (χ1v) is 9.03. The lowest BCUT2D eigenvalue weighted by molar-refractivity contribution is -0.138. The summed E-state index contributed by atoms with van der Waals surface area (Å²) >= 11 is 6.30. The van der Waals surface area contributed by atoms with Crippen LogP contribution < -0.4 is 5.32 Å². The van der Waals surface area contributed by atoms with Gasteiger partial charge in [-0.3, -0.25) is 9.20 Å². The molecule has 3 rings (SSSR count). The molecule has 154 valence electrons. The van der Waals surface area contributed by atoms with E-state index in [0.717, 1.165) is 40.6 Å². The number of anilines is 1. The van der Waals surface area contributed by atoms with Gasteiger partial charge in [-0.05, 0) is 30.3 Å². The van der Waals surface area contributed by atoms with E-state index in [1.54, 1.807) is 0 Å². The number of benzene rings is 1. The van der Waals surface area contributed by atoms with E-state index in [2.05, 4.69) is 15.5 Å². The first-order valence-electron chi connectivity index (χ1n) is 7.66. The third kappa shape index (κ3) is 4.93. The first-order chi connectivity index (χ1) is 13.4. The van der Waals surface area contributed by atoms with Crippen LogP contribution in [-0.2, 0) is 17.1 Å². The Labute approximate surface area is 168 Å². The summed E-state index contributed by atoms with van der Waals surface area (Å²) in [6.45, 7) is 0. The minimum Gasteiger partial charge on any atom is -0.325 e. The van der Waals surface area contributed by atoms with Crippen LogP contribution in [0, 0.1) is 0 Å². The quantitative estimate of drug-likeness (QED) is 0.437. The topological polar surface area (TPSA) is 59.3 Å². The van der Waals surface area contributed by atoms with Gasteiger partial charge >= 0.3 is 12.4 Å². The van der Waals surface area contributed by atoms with Gasteiger partial charge in [-0.2, -0.15) is 26.3 Å². The molecule has 0 atom stereocenters. The van der Waals surface area contributed by atoms with Crippen molar-refractivity contribution < 1.29 is 31.1 Å². The number of alkyl halides is 6. The maximum Gasteiger partial charge on any atom is 0.418 e. The highest BCUT2D eigenvalue weighted by Gasteiger charge is 2.34. The van der Waals surface area contributed by atoms with Crippen molar-refractivity contribution in [1.29, 1.82) is 0 Å². The number of nitrogens with zero attached hydrogens (tertiary/aromatic N) is 3. The van der Waals surface area contributed by atoms with Crippen molar-refractivity contribution in [3.8, 4) is 0 Å². The minimum absolute atomic E-state index is 0.0200. The van der Waals surface area contributed by atoms with Gasteiger partial charge in [0, 0.05) is 11.2 Å². The van der Waals surface area contributed by atoms with Crippen LogP contribution in [0.3, 0.4) is 0 Å². The van der Waals surface area contributed by atoms with E-state index >= 15 is 0 Å². The molecule has 29 heavy (non-hydrogen) atoms. The molecule has 3 aromatic rings. The predicted molar refractivity (Wildman–Crippen MR) is 93.8 cm³/mol. The number of hydrogen-bond donors (Lipinski definition) is 1. The van der Waals surface area contributed by atoms with Gasteiger partial charge in [-0.15, -0.1) is 10.2 Å². The van der Waals surface area contributed by atoms with E-state index in [0.29, 0.717) is 6.07 Å². The Kier molecular flexibility index (Phi) is 5.68. The summed E-state index contributed by atoms with van der Waals surface area (Å²) < 4.78 is 78.8. The highest BCUT2D eigenvalue weighted by molar-refractivity contribution is 7.99. The van der Waals surface area contributed by atoms with Gasteiger partial charge in [0.25, 0.3) is 0 Å². The minimum atomic E-state index is -4.74. The molecule has 2 aromatic heterocycles. The number of carbonyl (C=O) groups is 1. The second kappa shape index (κ2) is 7.75. The van der Waals surface area contributed by atoms with Gasteiger partial charge in [0.05, 0.1) is 22.6 Å². The van der Waals surface area contributed by atoms with Gasteiger partial charge in [-0.1, -0.05) is 23.4 Å². The van der Waals surface area contributed by atoms with E-state index in [-0.39, 0.29) is 15.8 Å². The number of nitrogens with one attached hydrogen (secondary N) is 1. The van der Waals surface area contributed by atoms with Crippen molar-refractivity contribution in [2.45, 2.75) is 17.5 Å². The van der Waals surface area contributed by atoms with Crippen LogP contribution in [0.2, 0.25) is 5.02 Å². The SMILES string of the molecule is O=C(CSc1nnc2ccc(C(F)(F)F)cn12)Nc1ccc(Cl)cc1C(F)(F)F. The zero-order valence-electron chi connectivity index (χ0n) is 14.0. The molecule has 1 amide bonds. The normalized spacial score (nSPS) is 12.4. The fourth-order valence-corrected chi connectivity index (χ4v) is 3.20. The van der Waals surface area contributed by atoms with Gasteiger partial charge in [0.2, 0.25) is 5.91 Å². The monoisotopic (exact) mass is 454 g/mol. The Morgan fingerprint density at radius 3 is 2.45 bits per heavy atom. The summed E-state index contributed by atoms with van der Waals surface area (Å²) in [5.41, 5.74) is -2.42. The smallest absolute Gasteiger partial charge is 0.325 e. The highest BCUT2D eigenvalue weighted by Crippen LogP contribution is 2.36. The average Bonchev–Trinajstić information content (AvgIpc) is 3.02. The fraction of sp³-hybridized carbons (Fsp3) is 0.188. The molecule has 0 aliphatic carbocycles. The number of thioether (sulfide) groups is 1. The molecule has 0 aliphatic rings. The van der Waals surface area contributed by atoms with E-state index in [1.807, 2.05) is 0 Å². The average molecular weight is 455 g/mol. The zero-order valence-corrected chi connectivity index (χ0v) is 15.5. The molecular weight excluding hydrogens is 446 g/mol. The number of aromatic nitrogens is 3. The van der Waals surface area contributed by atoms with Crippen molar-refractivity contribution in [2.24, 2.45) is 0 Å². The lowest BCUT2D eigenvalue weighted by atomic mass is 10.1. The van der Waals surface area contributed by atoms with Crippen molar-refractivity contribution in [3.63, 3.8) is 0 Å². The van der Waals surface area contributed by atoms with Gasteiger partial charge in [0.1, 0.15) is 0 Å². The molecule has 0 fully saturated rings. The second-order valence-corrected chi connectivity index (χ2v) is 7.03. The molecule has 0 bridgehead atoms. The number of fused-ring (bicyclic) bond motifs is 1. The van der Waals surface area contributed by atoms with Crippen LogP contribution in [-0.4, -0.2) is 26.3 Å². The van der Waals surface area contributed by atoms with Crippen molar-refractivity contribution in [3.05, 3.63) is 52.7 Å². The molecule has 0 saturated carbocycles. The summed E-state index contributed by atoms with van der Waals surface area (Å²) in [6, 6.07) is 4.82. The Morgan fingerprint density at radius 1 is 1.07 bits per heavy atom. The van der Waals surface area contributed by atoms with Crippen LogP contribution in [0.15, 0.2) is 41.7 Å². The number of rotatable bonds is 4. The number of hydrogen-bond acceptors (Lipinski definition) is 4. The Hall–Kier alpha value is -2.47. The molecule has 13 heteroatoms. The van der Waals surface area contributed by atoms with Crippen LogP contribution >= 0.6 is 23.4 Å². The van der Waals surface area contributed by atoms with E-state index in [1.165, 1.54) is 6.07 Å². The molecule has 0 unspecified atom stereocenters. The van der Waals surface area contributed by atoms with Gasteiger partial charge in [-0.25, -0.2) is 0 Å². The Morgan fingerprint density at radius 2 is 1.79 bits per heavy atom. The number of carbonyl (C=O) groups excluding carboxylic acids is 1. The van der Waals surface area contributed by atoms with Crippen molar-refractivity contribution in [1.82, 2.24) is 14.6 Å². The van der Waals surface area contributed by atoms with Crippen LogP contribution in [0.4, 0.5) is 32.0 Å². The van der Waals surface area contributed by atoms with Crippen LogP contribution in [0.1, 0.15) is 11.1 Å². The zero-order chi connectivity index (χ0) is 21.4. The molecule has 5 nitrogen and oxygen atoms in total. The summed E-state index contributed by atoms with van der Waals surface area (Å²) in [5, 5.41) is 9.33. The Balaban J connectivity index is 1.75. The molecular formula is C16H9ClF6N4OS. The lowest BCUT2D eigenvalue weighted by Crippen LogP contribution is -2.18. The highest BCUT2D eigenvalue weighted by atomic mass is 35.5. The van der Waals surface area contributed by atoms with Crippen LogP contribution in [0.25, 0.3) is 5.65 Å². The molecule has 0 spiro atoms. The molecule has 0 aliphatic heterocycles. The van der Waals surface area contributed by atoms with Gasteiger partial charge < -0.3 is 5.32 Å². The third-order valence-corrected chi connectivity index (χ3v) is 4.77. The van der Waals surface area contributed by atoms with Crippen molar-refractivity contribution >= 4 is 40.6 Å². The maximum absolute atomic E-state index is 13.1. The summed E-state index contributed by atoms with van der Waals surface area (Å²) in [7, 11) is 0. The standard InChI is InChI=1S/C16H9ClF6N4OS/c17-9-2-3-11(10(5-9)16(21,22)23)24-13(28)7-29-14-26-25-12-4-1-8(6-27(12)14)15(18,19)20/h1-6H,7H2,(H,24,28). The molecule has 1 aromatic carbocycles. The van der Waals surface area contributed by atoms with E-state index in [9.17, 15) is 31.1 Å². The Bertz CT molecular complexity index is 1070. The maximum atomic E-state index is 13.1. The molecule has 1 N–H and O–H groups in total. The molecule has 0 radical (unpaired) electrons. The molecule has 0 saturated heterocycles. The van der Waals surface area contributed by atoms with Gasteiger partial charge in [0.15, 0.2) is 10.8 Å². The first kappa shape index (κ1) is 21.2.